The van der Waals surface area contributed by atoms with Gasteiger partial charge in [0.25, 0.3) is 5.91 Å². The van der Waals surface area contributed by atoms with E-state index in [2.05, 4.69) is 10.1 Å². The third kappa shape index (κ3) is 4.64. The van der Waals surface area contributed by atoms with Crippen molar-refractivity contribution in [2.45, 2.75) is 31.3 Å². The van der Waals surface area contributed by atoms with E-state index in [0.717, 1.165) is 0 Å². The standard InChI is InChI=1S/C18H26N2O8/c1-25-12-7-10(8-13(26-2)16(12)28-4)17(23)19-11-5-6-14(21)20(18(11)24)9-15(22)27-3/h7-8,11,14,18,21,24H,5-6,9H2,1-4H3,(H,19,23)/t11-,14-,18-/m0/s1. The molecule has 0 radical (unpaired) electrons. The lowest BCUT2D eigenvalue weighted by Crippen LogP contribution is -2.60. The molecule has 0 unspecified atom stereocenters. The fourth-order valence-corrected chi connectivity index (χ4v) is 3.07. The number of nitrogens with zero attached hydrogens (tertiary/aromatic N) is 1. The van der Waals surface area contributed by atoms with Crippen LogP contribution in [0, 0.1) is 0 Å². The van der Waals surface area contributed by atoms with E-state index in [1.165, 1.54) is 45.5 Å². The maximum absolute atomic E-state index is 12.7. The first kappa shape index (κ1) is 21.7. The number of piperidine rings is 1. The molecule has 3 N–H and O–H groups in total. The molecular weight excluding hydrogens is 372 g/mol. The Labute approximate surface area is 162 Å². The Kier molecular flexibility index (Phi) is 7.44. The maximum atomic E-state index is 12.7. The van der Waals surface area contributed by atoms with E-state index in [1.54, 1.807) is 0 Å². The maximum Gasteiger partial charge on any atom is 0.320 e. The molecule has 10 nitrogen and oxygen atoms in total. The number of carbonyl (C=O) groups excluding carboxylic acids is 2. The molecule has 28 heavy (non-hydrogen) atoms. The third-order valence-corrected chi connectivity index (χ3v) is 4.60. The second-order valence-corrected chi connectivity index (χ2v) is 6.21. The number of amides is 1. The topological polar surface area (TPSA) is 127 Å². The van der Waals surface area contributed by atoms with Crippen molar-refractivity contribution >= 4 is 11.9 Å². The Balaban J connectivity index is 2.18. The van der Waals surface area contributed by atoms with Crippen LogP contribution in [0.5, 0.6) is 17.2 Å². The number of carbonyl (C=O) groups is 2. The number of rotatable bonds is 7. The Bertz CT molecular complexity index is 686. The van der Waals surface area contributed by atoms with Crippen molar-refractivity contribution in [2.75, 3.05) is 35.0 Å². The van der Waals surface area contributed by atoms with Gasteiger partial charge >= 0.3 is 5.97 Å². The molecule has 3 atom stereocenters. The van der Waals surface area contributed by atoms with Gasteiger partial charge in [0, 0.05) is 5.56 Å². The van der Waals surface area contributed by atoms with Crippen LogP contribution in [0.3, 0.4) is 0 Å². The second kappa shape index (κ2) is 9.58. The number of aliphatic hydroxyl groups is 2. The molecule has 156 valence electrons. The van der Waals surface area contributed by atoms with E-state index < -0.39 is 30.4 Å². The van der Waals surface area contributed by atoms with E-state index in [1.807, 2.05) is 0 Å². The monoisotopic (exact) mass is 398 g/mol. The molecule has 1 aromatic carbocycles. The summed E-state index contributed by atoms with van der Waals surface area (Å²) in [5, 5.41) is 23.3. The summed E-state index contributed by atoms with van der Waals surface area (Å²) in [6.45, 7) is -0.296. The number of benzene rings is 1. The van der Waals surface area contributed by atoms with Crippen LogP contribution >= 0.6 is 0 Å². The van der Waals surface area contributed by atoms with E-state index in [-0.39, 0.29) is 18.5 Å². The second-order valence-electron chi connectivity index (χ2n) is 6.21. The zero-order valence-corrected chi connectivity index (χ0v) is 16.3. The molecule has 1 aliphatic rings. The summed E-state index contributed by atoms with van der Waals surface area (Å²) in [6.07, 6.45) is -1.66. The summed E-state index contributed by atoms with van der Waals surface area (Å²) in [6, 6.07) is 2.29. The Morgan fingerprint density at radius 2 is 1.68 bits per heavy atom. The molecule has 0 aromatic heterocycles. The van der Waals surface area contributed by atoms with Crippen molar-refractivity contribution in [3.05, 3.63) is 17.7 Å². The predicted molar refractivity (Wildman–Crippen MR) is 97.3 cm³/mol. The molecule has 0 spiro atoms. The minimum Gasteiger partial charge on any atom is -0.493 e. The molecular formula is C18H26N2O8. The lowest BCUT2D eigenvalue weighted by Gasteiger charge is -2.40. The van der Waals surface area contributed by atoms with Crippen molar-refractivity contribution in [1.82, 2.24) is 10.2 Å². The highest BCUT2D eigenvalue weighted by molar-refractivity contribution is 5.95. The van der Waals surface area contributed by atoms with Gasteiger partial charge in [-0.2, -0.15) is 0 Å². The largest absolute Gasteiger partial charge is 0.493 e. The molecule has 1 aliphatic heterocycles. The highest BCUT2D eigenvalue weighted by atomic mass is 16.5. The Hall–Kier alpha value is -2.56. The van der Waals surface area contributed by atoms with Crippen molar-refractivity contribution in [3.63, 3.8) is 0 Å². The number of ether oxygens (including phenoxy) is 4. The lowest BCUT2D eigenvalue weighted by atomic mass is 10.0. The average molecular weight is 398 g/mol. The van der Waals surface area contributed by atoms with Crippen LogP contribution in [-0.4, -0.2) is 80.5 Å². The van der Waals surface area contributed by atoms with Gasteiger partial charge in [-0.1, -0.05) is 0 Å². The Morgan fingerprint density at radius 3 is 2.18 bits per heavy atom. The summed E-state index contributed by atoms with van der Waals surface area (Å²) in [7, 11) is 5.56. The summed E-state index contributed by atoms with van der Waals surface area (Å²) >= 11 is 0. The Morgan fingerprint density at radius 1 is 1.07 bits per heavy atom. The zero-order chi connectivity index (χ0) is 20.8. The van der Waals surface area contributed by atoms with Gasteiger partial charge in [0.15, 0.2) is 11.5 Å². The number of hydrogen-bond acceptors (Lipinski definition) is 9. The van der Waals surface area contributed by atoms with Crippen LogP contribution in [0.2, 0.25) is 0 Å². The molecule has 0 aliphatic carbocycles. The molecule has 2 rings (SSSR count). The number of esters is 1. The SMILES string of the molecule is COC(=O)CN1[C@@H](O)CC[C@H](NC(=O)c2cc(OC)c(OC)c(OC)c2)[C@@H]1O. The number of nitrogens with one attached hydrogen (secondary N) is 1. The number of hydrogen-bond donors (Lipinski definition) is 3. The van der Waals surface area contributed by atoms with Gasteiger partial charge in [0.2, 0.25) is 5.75 Å². The van der Waals surface area contributed by atoms with Gasteiger partial charge in [-0.3, -0.25) is 9.59 Å². The van der Waals surface area contributed by atoms with Gasteiger partial charge in [-0.05, 0) is 25.0 Å². The zero-order valence-electron chi connectivity index (χ0n) is 16.3. The minimum absolute atomic E-state index is 0.243. The van der Waals surface area contributed by atoms with Crippen LogP contribution in [0.4, 0.5) is 0 Å². The third-order valence-electron chi connectivity index (χ3n) is 4.60. The van der Waals surface area contributed by atoms with Gasteiger partial charge in [-0.25, -0.2) is 4.90 Å². The molecule has 1 heterocycles. The summed E-state index contributed by atoms with van der Waals surface area (Å²) in [5.74, 6) is -0.0862. The van der Waals surface area contributed by atoms with Crippen LogP contribution in [-0.2, 0) is 9.53 Å². The van der Waals surface area contributed by atoms with Crippen molar-refractivity contribution in [3.8, 4) is 17.2 Å². The molecule has 1 aromatic rings. The molecule has 0 bridgehead atoms. The fraction of sp³-hybridized carbons (Fsp3) is 0.556. The molecule has 1 amide bonds. The summed E-state index contributed by atoms with van der Waals surface area (Å²) < 4.78 is 20.3. The highest BCUT2D eigenvalue weighted by Crippen LogP contribution is 2.38. The van der Waals surface area contributed by atoms with Gasteiger partial charge in [0.05, 0.1) is 34.5 Å². The van der Waals surface area contributed by atoms with Crippen molar-refractivity contribution in [1.29, 1.82) is 0 Å². The van der Waals surface area contributed by atoms with E-state index in [4.69, 9.17) is 14.2 Å². The average Bonchev–Trinajstić information content (AvgIpc) is 2.71. The van der Waals surface area contributed by atoms with Gasteiger partial charge in [-0.15, -0.1) is 0 Å². The number of likely N-dealkylation sites (tertiary alicyclic amines) is 1. The molecule has 0 saturated carbocycles. The van der Waals surface area contributed by atoms with E-state index in [0.29, 0.717) is 23.7 Å². The first-order valence-corrected chi connectivity index (χ1v) is 8.65. The number of aliphatic hydroxyl groups excluding tert-OH is 2. The van der Waals surface area contributed by atoms with Gasteiger partial charge in [0.1, 0.15) is 19.0 Å². The molecule has 1 saturated heterocycles. The molecule has 1 fully saturated rings. The van der Waals surface area contributed by atoms with Crippen LogP contribution < -0.4 is 19.5 Å². The fourth-order valence-electron chi connectivity index (χ4n) is 3.07. The lowest BCUT2D eigenvalue weighted by molar-refractivity contribution is -0.167. The first-order chi connectivity index (χ1) is 13.4. The normalized spacial score (nSPS) is 22.3. The first-order valence-electron chi connectivity index (χ1n) is 8.65. The summed E-state index contributed by atoms with van der Waals surface area (Å²) in [5.41, 5.74) is 0.243. The van der Waals surface area contributed by atoms with E-state index >= 15 is 0 Å². The van der Waals surface area contributed by atoms with Gasteiger partial charge < -0.3 is 34.5 Å². The van der Waals surface area contributed by atoms with Crippen molar-refractivity contribution in [2.24, 2.45) is 0 Å². The highest BCUT2D eigenvalue weighted by Gasteiger charge is 2.37. The van der Waals surface area contributed by atoms with Crippen LogP contribution in [0.25, 0.3) is 0 Å². The number of methoxy groups -OCH3 is 4. The summed E-state index contributed by atoms with van der Waals surface area (Å²) in [4.78, 5) is 25.4. The van der Waals surface area contributed by atoms with Crippen LogP contribution in [0.1, 0.15) is 23.2 Å². The predicted octanol–water partition coefficient (Wildman–Crippen LogP) is -0.284. The van der Waals surface area contributed by atoms with E-state index in [9.17, 15) is 19.8 Å². The van der Waals surface area contributed by atoms with Crippen molar-refractivity contribution < 1.29 is 38.7 Å². The molecule has 10 heteroatoms. The smallest absolute Gasteiger partial charge is 0.320 e. The quantitative estimate of drug-likeness (QED) is 0.531. The minimum atomic E-state index is -1.26. The van der Waals surface area contributed by atoms with Crippen LogP contribution in [0.15, 0.2) is 12.1 Å².